The van der Waals surface area contributed by atoms with Crippen LogP contribution in [0.15, 0.2) is 11.4 Å². The van der Waals surface area contributed by atoms with Crippen LogP contribution in [0.3, 0.4) is 0 Å². The van der Waals surface area contributed by atoms with Crippen LogP contribution in [0.1, 0.15) is 44.0 Å². The fraction of sp³-hybridized carbons (Fsp3) is 0.692. The minimum atomic E-state index is 0.256. The molecule has 1 aromatic heterocycles. The maximum atomic E-state index is 5.97. The van der Waals surface area contributed by atoms with E-state index in [2.05, 4.69) is 19.2 Å². The maximum Gasteiger partial charge on any atom is 0.0541 e. The van der Waals surface area contributed by atoms with Gasteiger partial charge in [0.25, 0.3) is 0 Å². The zero-order valence-corrected chi connectivity index (χ0v) is 12.1. The third-order valence-electron chi connectivity index (χ3n) is 3.57. The molecule has 96 valence electrons. The van der Waals surface area contributed by atoms with Gasteiger partial charge in [-0.1, -0.05) is 25.4 Å². The van der Waals surface area contributed by atoms with Gasteiger partial charge in [0.2, 0.25) is 0 Å². The first-order valence-corrected chi connectivity index (χ1v) is 7.46. The first-order chi connectivity index (χ1) is 8.00. The Kier molecular flexibility index (Phi) is 4.14. The van der Waals surface area contributed by atoms with Crippen molar-refractivity contribution in [3.63, 3.8) is 0 Å². The molecule has 3 N–H and O–H groups in total. The summed E-state index contributed by atoms with van der Waals surface area (Å²) in [6, 6.07) is 2.88. The fourth-order valence-corrected chi connectivity index (χ4v) is 3.80. The molecule has 2 atom stereocenters. The second-order valence-electron chi connectivity index (χ2n) is 5.73. The summed E-state index contributed by atoms with van der Waals surface area (Å²) in [5.41, 5.74) is 6.34. The van der Waals surface area contributed by atoms with Crippen LogP contribution in [-0.4, -0.2) is 12.6 Å². The molecule has 0 bridgehead atoms. The minimum absolute atomic E-state index is 0.256. The molecule has 1 heterocycles. The molecule has 0 aliphatic heterocycles. The van der Waals surface area contributed by atoms with Crippen molar-refractivity contribution in [1.29, 1.82) is 0 Å². The number of nitrogens with two attached hydrogens (primary N) is 1. The van der Waals surface area contributed by atoms with E-state index in [9.17, 15) is 0 Å². The van der Waals surface area contributed by atoms with Crippen molar-refractivity contribution < 1.29 is 0 Å². The molecule has 0 aromatic carbocycles. The molecule has 1 fully saturated rings. The zero-order chi connectivity index (χ0) is 12.5. The van der Waals surface area contributed by atoms with Crippen LogP contribution in [0.2, 0.25) is 5.02 Å². The fourth-order valence-electron chi connectivity index (χ4n) is 2.64. The Morgan fingerprint density at radius 2 is 2.41 bits per heavy atom. The van der Waals surface area contributed by atoms with Crippen LogP contribution >= 0.6 is 22.9 Å². The molecule has 1 aromatic rings. The highest BCUT2D eigenvalue weighted by Gasteiger charge is 2.32. The Hall–Kier alpha value is -0.0900. The Morgan fingerprint density at radius 3 is 2.88 bits per heavy atom. The minimum Gasteiger partial charge on any atom is -0.329 e. The second-order valence-corrected chi connectivity index (χ2v) is 7.11. The number of nitrogens with one attached hydrogen (secondary N) is 1. The topological polar surface area (TPSA) is 38.0 Å². The second kappa shape index (κ2) is 5.27. The molecule has 0 spiro atoms. The molecular weight excluding hydrogens is 252 g/mol. The summed E-state index contributed by atoms with van der Waals surface area (Å²) in [6.45, 7) is 5.32. The van der Waals surface area contributed by atoms with Crippen molar-refractivity contribution >= 4 is 22.9 Å². The van der Waals surface area contributed by atoms with E-state index in [4.69, 9.17) is 17.3 Å². The molecule has 1 aliphatic carbocycles. The summed E-state index contributed by atoms with van der Waals surface area (Å²) < 4.78 is 0. The number of hydrogen-bond acceptors (Lipinski definition) is 3. The number of halogens is 1. The molecule has 2 rings (SSSR count). The first-order valence-electron chi connectivity index (χ1n) is 6.20. The lowest BCUT2D eigenvalue weighted by molar-refractivity contribution is 0.354. The molecule has 0 saturated heterocycles. The van der Waals surface area contributed by atoms with E-state index in [1.54, 1.807) is 11.3 Å². The summed E-state index contributed by atoms with van der Waals surface area (Å²) >= 11 is 7.66. The molecule has 17 heavy (non-hydrogen) atoms. The monoisotopic (exact) mass is 272 g/mol. The summed E-state index contributed by atoms with van der Waals surface area (Å²) in [5.74, 6) is 0. The third-order valence-corrected chi connectivity index (χ3v) is 4.97. The molecule has 2 nitrogen and oxygen atoms in total. The third kappa shape index (κ3) is 3.44. The van der Waals surface area contributed by atoms with Crippen LogP contribution < -0.4 is 11.1 Å². The average molecular weight is 273 g/mol. The summed E-state index contributed by atoms with van der Waals surface area (Å²) in [6.07, 6.45) is 3.79. The average Bonchev–Trinajstić information content (AvgIpc) is 2.81. The van der Waals surface area contributed by atoms with Crippen LogP contribution in [0, 0.1) is 5.41 Å². The van der Waals surface area contributed by atoms with E-state index in [1.165, 1.54) is 24.1 Å². The van der Waals surface area contributed by atoms with Gasteiger partial charge >= 0.3 is 0 Å². The highest BCUT2D eigenvalue weighted by molar-refractivity contribution is 7.10. The highest BCUT2D eigenvalue weighted by Crippen LogP contribution is 2.38. The molecule has 0 radical (unpaired) electrons. The lowest BCUT2D eigenvalue weighted by atomic mass is 9.92. The Morgan fingerprint density at radius 1 is 1.65 bits per heavy atom. The maximum absolute atomic E-state index is 5.97. The van der Waals surface area contributed by atoms with E-state index >= 15 is 0 Å². The summed E-state index contributed by atoms with van der Waals surface area (Å²) in [5, 5.41) is 6.47. The quantitative estimate of drug-likeness (QED) is 0.879. The van der Waals surface area contributed by atoms with Crippen molar-refractivity contribution in [3.05, 3.63) is 21.3 Å². The van der Waals surface area contributed by atoms with Crippen molar-refractivity contribution in [2.75, 3.05) is 6.54 Å². The van der Waals surface area contributed by atoms with Crippen molar-refractivity contribution in [1.82, 2.24) is 5.32 Å². The van der Waals surface area contributed by atoms with Gasteiger partial charge in [-0.2, -0.15) is 0 Å². The molecular formula is C13H21ClN2S. The molecule has 0 amide bonds. The van der Waals surface area contributed by atoms with Gasteiger partial charge in [-0.25, -0.2) is 0 Å². The Balaban J connectivity index is 1.97. The SMILES string of the molecule is CC1(C)CCC(NC(CN)c2cc(Cl)cs2)C1. The molecule has 2 unspecified atom stereocenters. The zero-order valence-electron chi connectivity index (χ0n) is 10.5. The van der Waals surface area contributed by atoms with Crippen LogP contribution in [0.4, 0.5) is 0 Å². The first kappa shape index (κ1) is 13.3. The van der Waals surface area contributed by atoms with Gasteiger partial charge in [0.15, 0.2) is 0 Å². The Bertz CT molecular complexity index is 375. The van der Waals surface area contributed by atoms with Gasteiger partial charge in [0, 0.05) is 22.8 Å². The van der Waals surface area contributed by atoms with E-state index in [0.717, 1.165) is 5.02 Å². The predicted molar refractivity (Wildman–Crippen MR) is 75.7 cm³/mol. The van der Waals surface area contributed by atoms with Crippen molar-refractivity contribution in [3.8, 4) is 0 Å². The lowest BCUT2D eigenvalue weighted by Gasteiger charge is -2.22. The summed E-state index contributed by atoms with van der Waals surface area (Å²) in [7, 11) is 0. The molecule has 1 aliphatic rings. The molecule has 4 heteroatoms. The number of rotatable bonds is 4. The van der Waals surface area contributed by atoms with Crippen LogP contribution in [0.25, 0.3) is 0 Å². The van der Waals surface area contributed by atoms with Crippen molar-refractivity contribution in [2.45, 2.75) is 45.2 Å². The molecule has 1 saturated carbocycles. The van der Waals surface area contributed by atoms with Gasteiger partial charge < -0.3 is 11.1 Å². The highest BCUT2D eigenvalue weighted by atomic mass is 35.5. The van der Waals surface area contributed by atoms with Crippen LogP contribution in [0.5, 0.6) is 0 Å². The lowest BCUT2D eigenvalue weighted by Crippen LogP contribution is -2.35. The Labute approximate surface area is 113 Å². The standard InChI is InChI=1S/C13H21ClN2S/c1-13(2)4-3-10(6-13)16-11(7-15)12-5-9(14)8-17-12/h5,8,10-11,16H,3-4,6-7,15H2,1-2H3. The van der Waals surface area contributed by atoms with Gasteiger partial charge in [0.05, 0.1) is 11.1 Å². The van der Waals surface area contributed by atoms with E-state index in [0.29, 0.717) is 18.0 Å². The smallest absolute Gasteiger partial charge is 0.0541 e. The van der Waals surface area contributed by atoms with E-state index < -0.39 is 0 Å². The summed E-state index contributed by atoms with van der Waals surface area (Å²) in [4.78, 5) is 1.25. The van der Waals surface area contributed by atoms with Crippen molar-refractivity contribution in [2.24, 2.45) is 11.1 Å². The largest absolute Gasteiger partial charge is 0.329 e. The number of thiophene rings is 1. The van der Waals surface area contributed by atoms with E-state index in [1.807, 2.05) is 11.4 Å². The van der Waals surface area contributed by atoms with Gasteiger partial charge in [-0.05, 0) is 30.7 Å². The van der Waals surface area contributed by atoms with E-state index in [-0.39, 0.29) is 6.04 Å². The van der Waals surface area contributed by atoms with Crippen LogP contribution in [-0.2, 0) is 0 Å². The normalized spacial score (nSPS) is 25.1. The predicted octanol–water partition coefficient (Wildman–Crippen LogP) is 3.57. The van der Waals surface area contributed by atoms with Gasteiger partial charge in [-0.3, -0.25) is 0 Å². The van der Waals surface area contributed by atoms with Gasteiger partial charge in [-0.15, -0.1) is 11.3 Å². The number of hydrogen-bond donors (Lipinski definition) is 2. The van der Waals surface area contributed by atoms with Gasteiger partial charge in [0.1, 0.15) is 0 Å².